The molecule has 3 nitrogen and oxygen atoms in total. The van der Waals surface area contributed by atoms with Gasteiger partial charge in [0.15, 0.2) is 0 Å². The molecule has 1 fully saturated rings. The Hall–Kier alpha value is -1.35. The number of carbonyl (C=O) groups is 1. The van der Waals surface area contributed by atoms with Crippen molar-refractivity contribution in [1.82, 2.24) is 4.90 Å². The summed E-state index contributed by atoms with van der Waals surface area (Å²) in [6.07, 6.45) is 2.17. The number of benzene rings is 1. The second kappa shape index (κ2) is 4.39. The molecular weight excluding hydrogens is 224 g/mol. The molecule has 0 N–H and O–H groups in total. The molecular formula is C15H20N2O. The molecule has 2 heterocycles. The van der Waals surface area contributed by atoms with Crippen molar-refractivity contribution in [3.05, 3.63) is 29.8 Å². The average molecular weight is 244 g/mol. The van der Waals surface area contributed by atoms with Gasteiger partial charge in [-0.25, -0.2) is 0 Å². The van der Waals surface area contributed by atoms with Crippen LogP contribution in [0.3, 0.4) is 0 Å². The molecule has 3 heteroatoms. The average Bonchev–Trinajstić information content (AvgIpc) is 2.64. The number of hydrogen-bond acceptors (Lipinski definition) is 2. The van der Waals surface area contributed by atoms with E-state index >= 15 is 0 Å². The lowest BCUT2D eigenvalue weighted by molar-refractivity contribution is -0.119. The number of rotatable bonds is 1. The van der Waals surface area contributed by atoms with E-state index in [4.69, 9.17) is 0 Å². The van der Waals surface area contributed by atoms with Gasteiger partial charge in [-0.3, -0.25) is 4.79 Å². The van der Waals surface area contributed by atoms with Crippen LogP contribution < -0.4 is 4.90 Å². The number of nitrogens with zero attached hydrogens (tertiary/aromatic N) is 2. The van der Waals surface area contributed by atoms with Gasteiger partial charge in [0, 0.05) is 11.7 Å². The van der Waals surface area contributed by atoms with E-state index < -0.39 is 0 Å². The van der Waals surface area contributed by atoms with Gasteiger partial charge >= 0.3 is 0 Å². The number of carbonyl (C=O) groups excluding carboxylic acids is 1. The lowest BCUT2D eigenvalue weighted by atomic mass is 10.0. The largest absolute Gasteiger partial charge is 0.308 e. The van der Waals surface area contributed by atoms with E-state index in [9.17, 15) is 4.79 Å². The van der Waals surface area contributed by atoms with Gasteiger partial charge in [-0.1, -0.05) is 18.2 Å². The fourth-order valence-electron chi connectivity index (χ4n) is 3.16. The Morgan fingerprint density at radius 1 is 1.17 bits per heavy atom. The number of hydrogen-bond donors (Lipinski definition) is 0. The topological polar surface area (TPSA) is 23.6 Å². The Morgan fingerprint density at radius 2 is 1.83 bits per heavy atom. The summed E-state index contributed by atoms with van der Waals surface area (Å²) >= 11 is 0. The third kappa shape index (κ3) is 1.74. The molecule has 0 aliphatic carbocycles. The van der Waals surface area contributed by atoms with Crippen LogP contribution in [0.2, 0.25) is 0 Å². The van der Waals surface area contributed by atoms with Crippen LogP contribution in [0.25, 0.3) is 0 Å². The maximum absolute atomic E-state index is 12.5. The number of fused-ring (bicyclic) bond motifs is 1. The van der Waals surface area contributed by atoms with Crippen LogP contribution in [0.4, 0.5) is 5.69 Å². The molecule has 2 aliphatic rings. The number of piperidine rings is 1. The minimum Gasteiger partial charge on any atom is -0.308 e. The van der Waals surface area contributed by atoms with Gasteiger partial charge in [0.05, 0.1) is 5.92 Å². The van der Waals surface area contributed by atoms with Gasteiger partial charge < -0.3 is 9.80 Å². The van der Waals surface area contributed by atoms with E-state index in [1.165, 1.54) is 5.56 Å². The number of para-hydroxylation sites is 1. The number of anilines is 1. The Labute approximate surface area is 108 Å². The molecule has 0 saturated carbocycles. The molecule has 0 unspecified atom stereocenters. The SMILES string of the molecule is C[C@H]1C(=O)N(C2CCN(C)CC2)c2ccccc21. The van der Waals surface area contributed by atoms with Crippen molar-refractivity contribution >= 4 is 11.6 Å². The minimum atomic E-state index is 0.0286. The maximum atomic E-state index is 12.5. The van der Waals surface area contributed by atoms with Crippen LogP contribution >= 0.6 is 0 Å². The molecule has 3 rings (SSSR count). The predicted octanol–water partition coefficient (Wildman–Crippen LogP) is 2.23. The van der Waals surface area contributed by atoms with Gasteiger partial charge in [0.2, 0.25) is 5.91 Å². The second-order valence-electron chi connectivity index (χ2n) is 5.52. The molecule has 0 bridgehead atoms. The highest BCUT2D eigenvalue weighted by Gasteiger charge is 2.38. The van der Waals surface area contributed by atoms with E-state index in [2.05, 4.69) is 29.0 Å². The normalized spacial score (nSPS) is 25.6. The standard InChI is InChI=1S/C15H20N2O/c1-11-13-5-3-4-6-14(13)17(15(11)18)12-7-9-16(2)10-8-12/h3-6,11-12H,7-10H2,1-2H3/t11-/m1/s1. The lowest BCUT2D eigenvalue weighted by Gasteiger charge is -2.35. The van der Waals surface area contributed by atoms with Crippen LogP contribution in [0, 0.1) is 0 Å². The van der Waals surface area contributed by atoms with Gasteiger partial charge in [-0.2, -0.15) is 0 Å². The molecule has 1 aromatic rings. The molecule has 0 radical (unpaired) electrons. The smallest absolute Gasteiger partial charge is 0.234 e. The fraction of sp³-hybridized carbons (Fsp3) is 0.533. The summed E-state index contributed by atoms with van der Waals surface area (Å²) in [7, 11) is 2.15. The monoisotopic (exact) mass is 244 g/mol. The Balaban J connectivity index is 1.91. The van der Waals surface area contributed by atoms with Crippen LogP contribution in [-0.2, 0) is 4.79 Å². The van der Waals surface area contributed by atoms with Crippen LogP contribution in [0.15, 0.2) is 24.3 Å². The highest BCUT2D eigenvalue weighted by molar-refractivity contribution is 6.05. The summed E-state index contributed by atoms with van der Waals surface area (Å²) < 4.78 is 0. The molecule has 1 amide bonds. The zero-order chi connectivity index (χ0) is 12.7. The van der Waals surface area contributed by atoms with Crippen molar-refractivity contribution in [1.29, 1.82) is 0 Å². The van der Waals surface area contributed by atoms with E-state index in [0.29, 0.717) is 6.04 Å². The van der Waals surface area contributed by atoms with E-state index in [0.717, 1.165) is 31.6 Å². The van der Waals surface area contributed by atoms with Crippen molar-refractivity contribution in [3.8, 4) is 0 Å². The third-order valence-electron chi connectivity index (χ3n) is 4.32. The van der Waals surface area contributed by atoms with Crippen molar-refractivity contribution in [2.75, 3.05) is 25.0 Å². The van der Waals surface area contributed by atoms with Gasteiger partial charge in [0.25, 0.3) is 0 Å². The van der Waals surface area contributed by atoms with Crippen molar-refractivity contribution in [3.63, 3.8) is 0 Å². The first-order valence-electron chi connectivity index (χ1n) is 6.79. The lowest BCUT2D eigenvalue weighted by Crippen LogP contribution is -2.45. The van der Waals surface area contributed by atoms with E-state index in [1.807, 2.05) is 19.1 Å². The fourth-order valence-corrected chi connectivity index (χ4v) is 3.16. The zero-order valence-corrected chi connectivity index (χ0v) is 11.1. The maximum Gasteiger partial charge on any atom is 0.234 e. The first kappa shape index (κ1) is 11.7. The van der Waals surface area contributed by atoms with Crippen LogP contribution in [-0.4, -0.2) is 37.0 Å². The highest BCUT2D eigenvalue weighted by atomic mass is 16.2. The number of likely N-dealkylation sites (tertiary alicyclic amines) is 1. The van der Waals surface area contributed by atoms with E-state index in [1.54, 1.807) is 0 Å². The van der Waals surface area contributed by atoms with Crippen molar-refractivity contribution in [2.24, 2.45) is 0 Å². The van der Waals surface area contributed by atoms with Crippen LogP contribution in [0.1, 0.15) is 31.2 Å². The summed E-state index contributed by atoms with van der Waals surface area (Å²) in [6, 6.07) is 8.63. The van der Waals surface area contributed by atoms with Crippen LogP contribution in [0.5, 0.6) is 0 Å². The van der Waals surface area contributed by atoms with E-state index in [-0.39, 0.29) is 11.8 Å². The van der Waals surface area contributed by atoms with Gasteiger partial charge in [-0.05, 0) is 51.5 Å². The summed E-state index contributed by atoms with van der Waals surface area (Å²) in [6.45, 7) is 4.20. The molecule has 0 spiro atoms. The first-order chi connectivity index (χ1) is 8.68. The predicted molar refractivity (Wildman–Crippen MR) is 72.9 cm³/mol. The molecule has 96 valence electrons. The van der Waals surface area contributed by atoms with Gasteiger partial charge in [-0.15, -0.1) is 0 Å². The first-order valence-corrected chi connectivity index (χ1v) is 6.79. The molecule has 1 saturated heterocycles. The van der Waals surface area contributed by atoms with Crippen molar-refractivity contribution < 1.29 is 4.79 Å². The summed E-state index contributed by atoms with van der Waals surface area (Å²) in [4.78, 5) is 16.9. The number of amides is 1. The summed E-state index contributed by atoms with van der Waals surface area (Å²) in [5.41, 5.74) is 2.34. The Kier molecular flexibility index (Phi) is 2.86. The summed E-state index contributed by atoms with van der Waals surface area (Å²) in [5.74, 6) is 0.312. The third-order valence-corrected chi connectivity index (χ3v) is 4.32. The van der Waals surface area contributed by atoms with Gasteiger partial charge in [0.1, 0.15) is 0 Å². The molecule has 1 atom stereocenters. The minimum absolute atomic E-state index is 0.0286. The Bertz CT molecular complexity index is 463. The Morgan fingerprint density at radius 3 is 2.56 bits per heavy atom. The summed E-state index contributed by atoms with van der Waals surface area (Å²) in [5, 5.41) is 0. The molecule has 2 aliphatic heterocycles. The molecule has 1 aromatic carbocycles. The second-order valence-corrected chi connectivity index (χ2v) is 5.52. The van der Waals surface area contributed by atoms with Crippen molar-refractivity contribution in [2.45, 2.75) is 31.7 Å². The molecule has 0 aromatic heterocycles. The molecule has 18 heavy (non-hydrogen) atoms. The quantitative estimate of drug-likeness (QED) is 0.756. The highest BCUT2D eigenvalue weighted by Crippen LogP contribution is 2.39. The zero-order valence-electron chi connectivity index (χ0n) is 11.1.